The van der Waals surface area contributed by atoms with E-state index in [1.807, 2.05) is 36.1 Å². The third-order valence-corrected chi connectivity index (χ3v) is 21.8. The highest BCUT2D eigenvalue weighted by Gasteiger charge is 2.72. The summed E-state index contributed by atoms with van der Waals surface area (Å²) in [5, 5.41) is 96.1. The Morgan fingerprint density at radius 2 is 1.38 bits per heavy atom. The Kier molecular flexibility index (Phi) is 14.5. The van der Waals surface area contributed by atoms with Crippen molar-refractivity contribution in [2.24, 2.45) is 63.7 Å². The van der Waals surface area contributed by atoms with E-state index in [1.54, 1.807) is 0 Å². The van der Waals surface area contributed by atoms with Crippen LogP contribution >= 0.6 is 0 Å². The summed E-state index contributed by atoms with van der Waals surface area (Å²) in [7, 11) is 1.92. The molecule has 5 saturated carbocycles. The van der Waals surface area contributed by atoms with Gasteiger partial charge in [0.15, 0.2) is 18.9 Å². The maximum absolute atomic E-state index is 15.0. The van der Waals surface area contributed by atoms with E-state index < -0.39 is 116 Å². The van der Waals surface area contributed by atoms with Crippen molar-refractivity contribution in [3.63, 3.8) is 0 Å². The van der Waals surface area contributed by atoms with Crippen LogP contribution in [0.15, 0.2) is 36.5 Å². The van der Waals surface area contributed by atoms with E-state index >= 15 is 0 Å². The highest BCUT2D eigenvalue weighted by molar-refractivity contribution is 5.98. The predicted molar refractivity (Wildman–Crippen MR) is 269 cm³/mol. The number of hydrogen-bond donors (Lipinski definition) is 9. The number of allylic oxidation sites excluding steroid dienone is 1. The second-order valence-electron chi connectivity index (χ2n) is 25.6. The minimum atomic E-state index is -1.74. The van der Waals surface area contributed by atoms with Crippen molar-refractivity contribution in [2.75, 3.05) is 11.9 Å². The van der Waals surface area contributed by atoms with Gasteiger partial charge in [-0.25, -0.2) is 0 Å². The lowest BCUT2D eigenvalue weighted by molar-refractivity contribution is -0.393. The number of aliphatic hydroxyl groups is 8. The molecule has 0 radical (unpaired) electrons. The molecule has 4 heterocycles. The van der Waals surface area contributed by atoms with Gasteiger partial charge in [-0.1, -0.05) is 46.8 Å². The van der Waals surface area contributed by atoms with E-state index in [9.17, 15) is 45.6 Å². The van der Waals surface area contributed by atoms with Gasteiger partial charge >= 0.3 is 0 Å². The lowest BCUT2D eigenvalue weighted by Crippen LogP contribution is -2.68. The molecule has 3 aliphatic heterocycles. The highest BCUT2D eigenvalue weighted by atomic mass is 16.8. The molecular formula is C56H85N3O15. The average Bonchev–Trinajstić information content (AvgIpc) is 3.94. The quantitative estimate of drug-likeness (QED) is 0.120. The topological polar surface area (TPSA) is 264 Å². The molecule has 3 saturated heterocycles. The lowest BCUT2D eigenvalue weighted by atomic mass is 9.32. The molecule has 74 heavy (non-hydrogen) atoms. The summed E-state index contributed by atoms with van der Waals surface area (Å²) in [5.41, 5.74) is 1.92. The van der Waals surface area contributed by atoms with Crippen molar-refractivity contribution in [1.29, 1.82) is 0 Å². The Hall–Kier alpha value is -2.66. The van der Waals surface area contributed by atoms with Crippen LogP contribution in [-0.4, -0.2) is 161 Å². The normalized spacial score (nSPS) is 50.0. The fourth-order valence-electron chi connectivity index (χ4n) is 17.4. The number of rotatable bonds is 10. The Morgan fingerprint density at radius 3 is 2.01 bits per heavy atom. The molecule has 5 aliphatic carbocycles. The molecule has 0 spiro atoms. The van der Waals surface area contributed by atoms with E-state index in [2.05, 4.69) is 58.5 Å². The van der Waals surface area contributed by atoms with Gasteiger partial charge in [0, 0.05) is 18.1 Å². The number of anilines is 1. The van der Waals surface area contributed by atoms with Crippen LogP contribution in [0.5, 0.6) is 0 Å². The minimum absolute atomic E-state index is 0.0162. The molecule has 18 nitrogen and oxygen atoms in total. The smallest absolute Gasteiger partial charge is 0.230 e. The number of carbonyl (C=O) groups is 1. The van der Waals surface area contributed by atoms with E-state index in [-0.39, 0.29) is 39.9 Å². The molecule has 10 rings (SSSR count). The fraction of sp³-hybridized carbons (Fsp3) is 0.821. The standard InChI is InChI=1S/C56H85N3O15/c1-26(2)31-15-20-56(51(68)58-30-11-13-33-29(23-30)24-57-59(33)10)22-21-54(8)32(38(31)56)12-14-36-53(7)18-17-37(52(5,6)35(53)16-19-55(36,54)9)72-50-47(74-49-44(66)42(64)40(62)28(4)70-49)45(67)46(34(25-60)71-50)73-48-43(65)41(63)39(61)27(3)69-48/h11,13,23-24,27-28,31-32,34-50,60-67H,1,12,14-22,25H2,2-10H3,(H,58,68)/t27-,28-,31-,32+,34+,35-,36+,37-,38+,39-,40-,41+,42+,43+,44+,45-,46+,47+,48-,49-,50-,53-,54+,55+,56-/m0/s1. The summed E-state index contributed by atoms with van der Waals surface area (Å²) >= 11 is 0. The largest absolute Gasteiger partial charge is 0.394 e. The number of aliphatic hydroxyl groups excluding tert-OH is 8. The minimum Gasteiger partial charge on any atom is -0.394 e. The van der Waals surface area contributed by atoms with Gasteiger partial charge in [-0.2, -0.15) is 5.10 Å². The van der Waals surface area contributed by atoms with Crippen LogP contribution in [0.1, 0.15) is 120 Å². The van der Waals surface area contributed by atoms with Gasteiger partial charge in [0.05, 0.1) is 42.0 Å². The first-order chi connectivity index (χ1) is 34.8. The lowest BCUT2D eigenvalue weighted by Gasteiger charge is -2.73. The number of aromatic nitrogens is 2. The zero-order chi connectivity index (χ0) is 53.4. The number of benzene rings is 1. The van der Waals surface area contributed by atoms with Crippen molar-refractivity contribution in [2.45, 2.75) is 218 Å². The molecule has 1 aromatic heterocycles. The van der Waals surface area contributed by atoms with Gasteiger partial charge in [-0.3, -0.25) is 9.48 Å². The second kappa shape index (κ2) is 19.6. The van der Waals surface area contributed by atoms with Gasteiger partial charge in [-0.05, 0) is 154 Å². The van der Waals surface area contributed by atoms with Gasteiger partial charge < -0.3 is 74.6 Å². The second-order valence-corrected chi connectivity index (χ2v) is 25.6. The summed E-state index contributed by atoms with van der Waals surface area (Å²) < 4.78 is 39.3. The van der Waals surface area contributed by atoms with Crippen molar-refractivity contribution in [1.82, 2.24) is 9.78 Å². The first-order valence-electron chi connectivity index (χ1n) is 27.5. The third kappa shape index (κ3) is 8.40. The monoisotopic (exact) mass is 1040 g/mol. The number of ether oxygens (including phenoxy) is 6. The third-order valence-electron chi connectivity index (χ3n) is 21.8. The number of amides is 1. The molecule has 2 aromatic rings. The van der Waals surface area contributed by atoms with Crippen LogP contribution in [0.3, 0.4) is 0 Å². The molecule has 25 atom stereocenters. The van der Waals surface area contributed by atoms with E-state index in [0.717, 1.165) is 74.4 Å². The van der Waals surface area contributed by atoms with E-state index in [1.165, 1.54) is 19.4 Å². The SMILES string of the molecule is C=C(C)[C@@H]1CC[C@]2(C(=O)Nc3ccc4c(cnn4C)c3)CC[C@]3(C)[C@H](CC[C@@H]4[C@@]5(C)CC[C@H](O[C@@H]6O[C@H](CO)[C@@H](O[C@@H]7O[C@@H](C)[C@H](O)[C@@H](O)[C@H]7O)[C@H](O)[C@H]6O[C@@H]6O[C@@H](C)[C@H](O)[C@@H](O)[C@H]6O)C(C)(C)[C@@H]5CC[C@]43C)[C@@H]12. The summed E-state index contributed by atoms with van der Waals surface area (Å²) in [6.07, 6.45) is -11.4. The number of fused-ring (bicyclic) bond motifs is 8. The molecule has 18 heteroatoms. The summed E-state index contributed by atoms with van der Waals surface area (Å²) in [4.78, 5) is 15.0. The Morgan fingerprint density at radius 1 is 0.730 bits per heavy atom. The average molecular weight is 1040 g/mol. The number of carbonyl (C=O) groups excluding carboxylic acids is 1. The zero-order valence-corrected chi connectivity index (χ0v) is 44.7. The number of aryl methyl sites for hydroxylation is 1. The molecule has 0 unspecified atom stereocenters. The summed E-state index contributed by atoms with van der Waals surface area (Å²) in [6, 6.07) is 6.05. The Balaban J connectivity index is 0.897. The van der Waals surface area contributed by atoms with Crippen LogP contribution in [0, 0.1) is 56.7 Å². The van der Waals surface area contributed by atoms with E-state index in [4.69, 9.17) is 28.4 Å². The fourth-order valence-corrected chi connectivity index (χ4v) is 17.4. The van der Waals surface area contributed by atoms with Gasteiger partial charge in [0.1, 0.15) is 61.0 Å². The van der Waals surface area contributed by atoms with Crippen molar-refractivity contribution in [3.8, 4) is 0 Å². The maximum Gasteiger partial charge on any atom is 0.230 e. The number of nitrogens with one attached hydrogen (secondary N) is 1. The van der Waals surface area contributed by atoms with Crippen LogP contribution in [0.25, 0.3) is 10.9 Å². The maximum atomic E-state index is 15.0. The first kappa shape index (κ1) is 54.7. The summed E-state index contributed by atoms with van der Waals surface area (Å²) in [5.74, 6) is 1.51. The number of hydrogen-bond acceptors (Lipinski definition) is 16. The van der Waals surface area contributed by atoms with Gasteiger partial charge in [-0.15, -0.1) is 0 Å². The van der Waals surface area contributed by atoms with Gasteiger partial charge in [0.2, 0.25) is 5.91 Å². The Bertz CT molecular complexity index is 2400. The summed E-state index contributed by atoms with van der Waals surface area (Å²) in [6.45, 7) is 21.1. The highest BCUT2D eigenvalue weighted by Crippen LogP contribution is 2.78. The first-order valence-corrected chi connectivity index (χ1v) is 27.5. The molecule has 8 fully saturated rings. The molecule has 1 amide bonds. The van der Waals surface area contributed by atoms with Crippen LogP contribution in [0.4, 0.5) is 5.69 Å². The van der Waals surface area contributed by atoms with Crippen molar-refractivity contribution < 1.29 is 74.1 Å². The molecule has 414 valence electrons. The van der Waals surface area contributed by atoms with Crippen LogP contribution in [-0.2, 0) is 40.3 Å². The van der Waals surface area contributed by atoms with Gasteiger partial charge in [0.25, 0.3) is 0 Å². The van der Waals surface area contributed by atoms with E-state index in [0.29, 0.717) is 18.3 Å². The molecule has 9 N–H and O–H groups in total. The molecule has 1 aromatic carbocycles. The molecule has 8 aliphatic rings. The van der Waals surface area contributed by atoms with Crippen molar-refractivity contribution >= 4 is 22.5 Å². The number of nitrogens with zero attached hydrogens (tertiary/aromatic N) is 2. The van der Waals surface area contributed by atoms with Crippen molar-refractivity contribution in [3.05, 3.63) is 36.5 Å². The molecule has 0 bridgehead atoms. The zero-order valence-electron chi connectivity index (χ0n) is 44.7. The van der Waals surface area contributed by atoms with Crippen LogP contribution < -0.4 is 5.32 Å². The molecular weight excluding hydrogens is 955 g/mol. The predicted octanol–water partition coefficient (Wildman–Crippen LogP) is 4.06. The van der Waals surface area contributed by atoms with Crippen LogP contribution in [0.2, 0.25) is 0 Å². The Labute approximate surface area is 435 Å².